The van der Waals surface area contributed by atoms with Gasteiger partial charge in [0, 0.05) is 23.7 Å². The fourth-order valence-electron chi connectivity index (χ4n) is 4.71. The molecule has 22 heavy (non-hydrogen) atoms. The molecular formula is C20H25NO. The molecule has 2 heteroatoms. The number of nitrogens with zero attached hydrogens (tertiary/aromatic N) is 1. The Labute approximate surface area is 132 Å². The van der Waals surface area contributed by atoms with Crippen molar-refractivity contribution in [2.24, 2.45) is 0 Å². The molecule has 1 N–H and O–H groups in total. The summed E-state index contributed by atoms with van der Waals surface area (Å²) in [5.41, 5.74) is 7.36. The minimum absolute atomic E-state index is 0.237. The summed E-state index contributed by atoms with van der Waals surface area (Å²) in [6.07, 6.45) is 8.44. The summed E-state index contributed by atoms with van der Waals surface area (Å²) in [6, 6.07) is 9.29. The minimum atomic E-state index is -0.312. The number of aryl methyl sites for hydroxylation is 1. The molecule has 2 nitrogen and oxygen atoms in total. The van der Waals surface area contributed by atoms with Crippen molar-refractivity contribution in [1.82, 2.24) is 4.57 Å². The van der Waals surface area contributed by atoms with Crippen molar-refractivity contribution in [3.05, 3.63) is 47.2 Å². The van der Waals surface area contributed by atoms with Gasteiger partial charge in [-0.1, -0.05) is 37.0 Å². The largest absolute Gasteiger partial charge is 0.392 e. The second-order valence-corrected chi connectivity index (χ2v) is 7.27. The number of benzene rings is 1. The Hall–Kier alpha value is -1.54. The Morgan fingerprint density at radius 3 is 2.64 bits per heavy atom. The highest BCUT2D eigenvalue weighted by atomic mass is 16.3. The van der Waals surface area contributed by atoms with Crippen molar-refractivity contribution in [3.63, 3.8) is 0 Å². The van der Waals surface area contributed by atoms with Crippen LogP contribution in [0.2, 0.25) is 0 Å². The molecule has 1 aromatic heterocycles. The first-order chi connectivity index (χ1) is 10.6. The summed E-state index contributed by atoms with van der Waals surface area (Å²) >= 11 is 0. The van der Waals surface area contributed by atoms with Gasteiger partial charge in [-0.15, -0.1) is 0 Å². The van der Waals surface area contributed by atoms with Crippen LogP contribution in [0, 0.1) is 6.92 Å². The van der Waals surface area contributed by atoms with E-state index in [4.69, 9.17) is 0 Å². The van der Waals surface area contributed by atoms with E-state index in [2.05, 4.69) is 42.0 Å². The van der Waals surface area contributed by atoms with Gasteiger partial charge in [0.2, 0.25) is 0 Å². The number of hydrogen-bond donors (Lipinski definition) is 1. The van der Waals surface area contributed by atoms with E-state index in [1.54, 1.807) is 0 Å². The Balaban J connectivity index is 1.94. The van der Waals surface area contributed by atoms with Crippen LogP contribution in [0.25, 0.3) is 11.3 Å². The summed E-state index contributed by atoms with van der Waals surface area (Å²) in [4.78, 5) is 0. The molecule has 2 aliphatic carbocycles. The lowest BCUT2D eigenvalue weighted by atomic mass is 9.68. The average Bonchev–Trinajstić information content (AvgIpc) is 3.00. The summed E-state index contributed by atoms with van der Waals surface area (Å²) in [5.74, 6) is 0. The van der Waals surface area contributed by atoms with E-state index >= 15 is 0 Å². The van der Waals surface area contributed by atoms with Gasteiger partial charge in [0.1, 0.15) is 0 Å². The molecule has 1 heterocycles. The molecule has 0 amide bonds. The molecular weight excluding hydrogens is 270 g/mol. The predicted molar refractivity (Wildman–Crippen MR) is 90.2 cm³/mol. The van der Waals surface area contributed by atoms with Crippen molar-refractivity contribution in [2.45, 2.75) is 64.0 Å². The molecule has 1 fully saturated rings. The van der Waals surface area contributed by atoms with Gasteiger partial charge >= 0.3 is 0 Å². The third kappa shape index (κ3) is 1.90. The van der Waals surface area contributed by atoms with Gasteiger partial charge in [0.05, 0.1) is 11.8 Å². The first kappa shape index (κ1) is 14.1. The van der Waals surface area contributed by atoms with E-state index in [0.717, 1.165) is 0 Å². The molecule has 0 unspecified atom stereocenters. The summed E-state index contributed by atoms with van der Waals surface area (Å²) in [6.45, 7) is 4.72. The molecule has 0 radical (unpaired) electrons. The molecule has 1 saturated carbocycles. The molecule has 2 aliphatic rings. The Kier molecular flexibility index (Phi) is 3.19. The van der Waals surface area contributed by atoms with Gasteiger partial charge in [-0.05, 0) is 49.9 Å². The lowest BCUT2D eigenvalue weighted by Crippen LogP contribution is -2.27. The molecule has 1 atom stereocenters. The smallest absolute Gasteiger partial charge is 0.0691 e. The SMILES string of the molecule is Cc1ccc2c(c1)-c1c(ccn1C[C@@H](C)O)C21CCCCC1. The van der Waals surface area contributed by atoms with Gasteiger partial charge in [-0.25, -0.2) is 0 Å². The van der Waals surface area contributed by atoms with Crippen LogP contribution in [-0.2, 0) is 12.0 Å². The Morgan fingerprint density at radius 2 is 1.91 bits per heavy atom. The number of rotatable bonds is 2. The van der Waals surface area contributed by atoms with E-state index < -0.39 is 0 Å². The molecule has 4 rings (SSSR count). The maximum atomic E-state index is 9.84. The van der Waals surface area contributed by atoms with Crippen molar-refractivity contribution in [2.75, 3.05) is 0 Å². The van der Waals surface area contributed by atoms with E-state index in [1.807, 2.05) is 6.92 Å². The maximum absolute atomic E-state index is 9.84. The van der Waals surface area contributed by atoms with E-state index in [9.17, 15) is 5.11 Å². The van der Waals surface area contributed by atoms with Crippen LogP contribution in [0.1, 0.15) is 55.7 Å². The van der Waals surface area contributed by atoms with E-state index in [1.165, 1.54) is 60.1 Å². The maximum Gasteiger partial charge on any atom is 0.0691 e. The van der Waals surface area contributed by atoms with Crippen LogP contribution in [0.4, 0.5) is 0 Å². The molecule has 0 saturated heterocycles. The number of hydrogen-bond acceptors (Lipinski definition) is 1. The van der Waals surface area contributed by atoms with Crippen molar-refractivity contribution >= 4 is 0 Å². The van der Waals surface area contributed by atoms with E-state index in [0.29, 0.717) is 6.54 Å². The number of aromatic nitrogens is 1. The zero-order chi connectivity index (χ0) is 15.3. The second-order valence-electron chi connectivity index (χ2n) is 7.27. The standard InChI is InChI=1S/C20H25NO/c1-14-6-7-17-16(12-14)19-18(8-11-21(19)13-15(2)22)20(17)9-4-3-5-10-20/h6-8,11-12,15,22H,3-5,9-10,13H2,1-2H3/t15-/m1/s1. The zero-order valence-electron chi connectivity index (χ0n) is 13.6. The third-order valence-corrected chi connectivity index (χ3v) is 5.59. The first-order valence-electron chi connectivity index (χ1n) is 8.61. The molecule has 0 bridgehead atoms. The van der Waals surface area contributed by atoms with Crippen LogP contribution in [0.3, 0.4) is 0 Å². The number of fused-ring (bicyclic) bond motifs is 5. The highest BCUT2D eigenvalue weighted by Gasteiger charge is 2.45. The van der Waals surface area contributed by atoms with Crippen molar-refractivity contribution in [3.8, 4) is 11.3 Å². The minimum Gasteiger partial charge on any atom is -0.392 e. The van der Waals surface area contributed by atoms with Gasteiger partial charge in [0.25, 0.3) is 0 Å². The number of aliphatic hydroxyl groups is 1. The van der Waals surface area contributed by atoms with Crippen molar-refractivity contribution in [1.29, 1.82) is 0 Å². The first-order valence-corrected chi connectivity index (χ1v) is 8.61. The van der Waals surface area contributed by atoms with Gasteiger partial charge < -0.3 is 9.67 Å². The van der Waals surface area contributed by atoms with Gasteiger partial charge in [-0.3, -0.25) is 0 Å². The van der Waals surface area contributed by atoms with Crippen LogP contribution < -0.4 is 0 Å². The summed E-state index contributed by atoms with van der Waals surface area (Å²) in [7, 11) is 0. The quantitative estimate of drug-likeness (QED) is 0.872. The van der Waals surface area contributed by atoms with E-state index in [-0.39, 0.29) is 11.5 Å². The van der Waals surface area contributed by atoms with Crippen molar-refractivity contribution < 1.29 is 5.11 Å². The zero-order valence-corrected chi connectivity index (χ0v) is 13.6. The lowest BCUT2D eigenvalue weighted by Gasteiger charge is -2.35. The topological polar surface area (TPSA) is 25.2 Å². The third-order valence-electron chi connectivity index (χ3n) is 5.59. The molecule has 0 aliphatic heterocycles. The fourth-order valence-corrected chi connectivity index (χ4v) is 4.71. The monoisotopic (exact) mass is 295 g/mol. The fraction of sp³-hybridized carbons (Fsp3) is 0.500. The molecule has 1 aromatic carbocycles. The Morgan fingerprint density at radius 1 is 1.14 bits per heavy atom. The predicted octanol–water partition coefficient (Wildman–Crippen LogP) is 4.41. The van der Waals surface area contributed by atoms with Crippen LogP contribution in [0.15, 0.2) is 30.5 Å². The molecule has 116 valence electrons. The second kappa shape index (κ2) is 4.99. The van der Waals surface area contributed by atoms with Crippen LogP contribution in [-0.4, -0.2) is 15.8 Å². The number of aliphatic hydroxyl groups excluding tert-OH is 1. The lowest BCUT2D eigenvalue weighted by molar-refractivity contribution is 0.174. The summed E-state index contributed by atoms with van der Waals surface area (Å²) < 4.78 is 2.27. The van der Waals surface area contributed by atoms with Gasteiger partial charge in [-0.2, -0.15) is 0 Å². The average molecular weight is 295 g/mol. The summed E-state index contributed by atoms with van der Waals surface area (Å²) in [5, 5.41) is 9.84. The normalized spacial score (nSPS) is 20.0. The van der Waals surface area contributed by atoms with Crippen LogP contribution in [0.5, 0.6) is 0 Å². The van der Waals surface area contributed by atoms with Crippen LogP contribution >= 0.6 is 0 Å². The molecule has 2 aromatic rings. The Bertz CT molecular complexity index is 704. The van der Waals surface area contributed by atoms with Gasteiger partial charge in [0.15, 0.2) is 0 Å². The highest BCUT2D eigenvalue weighted by molar-refractivity contribution is 5.79. The molecule has 1 spiro atoms. The highest BCUT2D eigenvalue weighted by Crippen LogP contribution is 2.56.